The first-order valence-electron chi connectivity index (χ1n) is 12.1. The molecule has 0 saturated heterocycles. The largest absolute Gasteiger partial charge is 0.355 e. The second-order valence-corrected chi connectivity index (χ2v) is 11.8. The fraction of sp³-hybridized carbons (Fsp3) is 0.286. The topological polar surface area (TPSA) is 86.8 Å². The Bertz CT molecular complexity index is 1350. The minimum Gasteiger partial charge on any atom is -0.355 e. The second-order valence-electron chi connectivity index (χ2n) is 9.00. The number of nitrogens with zero attached hydrogens (tertiary/aromatic N) is 2. The average molecular weight is 577 g/mol. The Morgan fingerprint density at radius 1 is 0.921 bits per heavy atom. The van der Waals surface area contributed by atoms with Gasteiger partial charge in [-0.3, -0.25) is 13.9 Å². The van der Waals surface area contributed by atoms with Gasteiger partial charge in [-0.15, -0.1) is 0 Å². The van der Waals surface area contributed by atoms with Crippen molar-refractivity contribution >= 4 is 50.7 Å². The van der Waals surface area contributed by atoms with Crippen molar-refractivity contribution in [2.24, 2.45) is 0 Å². The average Bonchev–Trinajstić information content (AvgIpc) is 2.85. The van der Waals surface area contributed by atoms with Gasteiger partial charge in [0, 0.05) is 29.6 Å². The zero-order valence-corrected chi connectivity index (χ0v) is 23.9. The molecule has 0 spiro atoms. The van der Waals surface area contributed by atoms with Crippen molar-refractivity contribution in [2.75, 3.05) is 23.7 Å². The van der Waals surface area contributed by atoms with Gasteiger partial charge in [0.2, 0.25) is 21.8 Å². The normalized spacial score (nSPS) is 12.0. The first-order chi connectivity index (χ1) is 18.0. The highest BCUT2D eigenvalue weighted by atomic mass is 35.5. The van der Waals surface area contributed by atoms with E-state index in [9.17, 15) is 18.0 Å². The van der Waals surface area contributed by atoms with Crippen LogP contribution in [-0.2, 0) is 32.6 Å². The van der Waals surface area contributed by atoms with Crippen LogP contribution in [0.3, 0.4) is 0 Å². The van der Waals surface area contributed by atoms with Gasteiger partial charge in [0.25, 0.3) is 0 Å². The first kappa shape index (κ1) is 29.5. The Hall–Kier alpha value is -3.07. The molecule has 3 aromatic carbocycles. The zero-order chi connectivity index (χ0) is 27.9. The zero-order valence-electron chi connectivity index (χ0n) is 21.5. The summed E-state index contributed by atoms with van der Waals surface area (Å²) >= 11 is 12.3. The molecule has 202 valence electrons. The summed E-state index contributed by atoms with van der Waals surface area (Å²) in [5, 5.41) is 3.29. The molecule has 38 heavy (non-hydrogen) atoms. The van der Waals surface area contributed by atoms with Crippen LogP contribution < -0.4 is 9.62 Å². The van der Waals surface area contributed by atoms with Gasteiger partial charge in [0.1, 0.15) is 12.6 Å². The molecule has 1 atom stereocenters. The van der Waals surface area contributed by atoms with Gasteiger partial charge in [-0.1, -0.05) is 83.4 Å². The molecule has 10 heteroatoms. The molecule has 0 aliphatic rings. The number of anilines is 1. The van der Waals surface area contributed by atoms with Crippen LogP contribution in [0.25, 0.3) is 0 Å². The Kier molecular flexibility index (Phi) is 10.2. The lowest BCUT2D eigenvalue weighted by atomic mass is 10.0. The van der Waals surface area contributed by atoms with Crippen LogP contribution in [0, 0.1) is 6.92 Å². The summed E-state index contributed by atoms with van der Waals surface area (Å²) in [4.78, 5) is 28.7. The monoisotopic (exact) mass is 575 g/mol. The lowest BCUT2D eigenvalue weighted by Gasteiger charge is -2.33. The highest BCUT2D eigenvalue weighted by Gasteiger charge is 2.33. The number of sulfonamides is 1. The molecule has 0 radical (unpaired) electrons. The standard InChI is InChI=1S/C28H31Cl2N3O4S/c1-4-31-28(35)26(14-21-8-6-5-7-9-21)32(18-22-12-10-20(2)11-13-22)27(34)19-33(38(3,36)37)25-16-23(29)15-24(30)17-25/h5-13,15-17,26H,4,14,18-19H2,1-3H3,(H,31,35)/t26-/m1/s1. The molecule has 0 aliphatic heterocycles. The van der Waals surface area contributed by atoms with Crippen LogP contribution >= 0.6 is 23.2 Å². The number of rotatable bonds is 11. The second kappa shape index (κ2) is 13.1. The van der Waals surface area contributed by atoms with Crippen LogP contribution in [0.15, 0.2) is 72.8 Å². The molecule has 0 unspecified atom stereocenters. The summed E-state index contributed by atoms with van der Waals surface area (Å²) in [6.45, 7) is 3.72. The van der Waals surface area contributed by atoms with E-state index in [2.05, 4.69) is 5.32 Å². The number of hydrogen-bond donors (Lipinski definition) is 1. The van der Waals surface area contributed by atoms with Crippen molar-refractivity contribution in [1.29, 1.82) is 0 Å². The smallest absolute Gasteiger partial charge is 0.244 e. The van der Waals surface area contributed by atoms with E-state index in [1.165, 1.54) is 23.1 Å². The summed E-state index contributed by atoms with van der Waals surface area (Å²) < 4.78 is 26.5. The summed E-state index contributed by atoms with van der Waals surface area (Å²) in [5.74, 6) is -0.868. The molecular formula is C28H31Cl2N3O4S. The first-order valence-corrected chi connectivity index (χ1v) is 14.7. The third-order valence-electron chi connectivity index (χ3n) is 5.91. The number of nitrogens with one attached hydrogen (secondary N) is 1. The van der Waals surface area contributed by atoms with E-state index in [-0.39, 0.29) is 34.6 Å². The lowest BCUT2D eigenvalue weighted by Crippen LogP contribution is -2.53. The van der Waals surface area contributed by atoms with Crippen molar-refractivity contribution in [3.05, 3.63) is 99.5 Å². The Morgan fingerprint density at radius 3 is 2.08 bits per heavy atom. The maximum absolute atomic E-state index is 13.9. The molecule has 0 bridgehead atoms. The molecule has 3 aromatic rings. The lowest BCUT2D eigenvalue weighted by molar-refractivity contribution is -0.140. The highest BCUT2D eigenvalue weighted by Crippen LogP contribution is 2.27. The predicted molar refractivity (Wildman–Crippen MR) is 153 cm³/mol. The van der Waals surface area contributed by atoms with Crippen LogP contribution in [0.2, 0.25) is 10.0 Å². The number of hydrogen-bond acceptors (Lipinski definition) is 4. The minimum atomic E-state index is -3.91. The van der Waals surface area contributed by atoms with Gasteiger partial charge >= 0.3 is 0 Å². The van der Waals surface area contributed by atoms with Crippen LogP contribution in [0.5, 0.6) is 0 Å². The molecule has 0 saturated carbocycles. The van der Waals surface area contributed by atoms with E-state index in [1.54, 1.807) is 6.92 Å². The van der Waals surface area contributed by atoms with Crippen molar-refractivity contribution < 1.29 is 18.0 Å². The Labute approximate surface area is 234 Å². The third-order valence-corrected chi connectivity index (χ3v) is 7.49. The molecule has 7 nitrogen and oxygen atoms in total. The molecule has 2 amide bonds. The van der Waals surface area contributed by atoms with Gasteiger partial charge in [0.15, 0.2) is 0 Å². The summed E-state index contributed by atoms with van der Waals surface area (Å²) in [7, 11) is -3.91. The molecule has 3 rings (SSSR count). The molecule has 0 aliphatic carbocycles. The molecule has 1 N–H and O–H groups in total. The van der Waals surface area contributed by atoms with Crippen LogP contribution in [0.1, 0.15) is 23.6 Å². The van der Waals surface area contributed by atoms with E-state index >= 15 is 0 Å². The molecule has 0 fully saturated rings. The third kappa shape index (κ3) is 8.21. The number of likely N-dealkylation sites (N-methyl/N-ethyl adjacent to an activating group) is 1. The Morgan fingerprint density at radius 2 is 1.53 bits per heavy atom. The van der Waals surface area contributed by atoms with E-state index in [0.717, 1.165) is 27.3 Å². The number of carbonyl (C=O) groups excluding carboxylic acids is 2. The number of amides is 2. The minimum absolute atomic E-state index is 0.113. The molecular weight excluding hydrogens is 545 g/mol. The van der Waals surface area contributed by atoms with Gasteiger partial charge in [-0.05, 0) is 43.2 Å². The van der Waals surface area contributed by atoms with E-state index in [0.29, 0.717) is 6.54 Å². The summed E-state index contributed by atoms with van der Waals surface area (Å²) in [6.07, 6.45) is 1.26. The van der Waals surface area contributed by atoms with Crippen molar-refractivity contribution in [3.63, 3.8) is 0 Å². The molecule has 0 heterocycles. The summed E-state index contributed by atoms with van der Waals surface area (Å²) in [5.41, 5.74) is 2.89. The quantitative estimate of drug-likeness (QED) is 0.354. The highest BCUT2D eigenvalue weighted by molar-refractivity contribution is 7.92. The van der Waals surface area contributed by atoms with Crippen molar-refractivity contribution in [3.8, 4) is 0 Å². The molecule has 0 aromatic heterocycles. The predicted octanol–water partition coefficient (Wildman–Crippen LogP) is 4.84. The van der Waals surface area contributed by atoms with Gasteiger partial charge in [0.05, 0.1) is 11.9 Å². The maximum atomic E-state index is 13.9. The summed E-state index contributed by atoms with van der Waals surface area (Å²) in [6, 6.07) is 20.5. The fourth-order valence-electron chi connectivity index (χ4n) is 4.03. The maximum Gasteiger partial charge on any atom is 0.244 e. The van der Waals surface area contributed by atoms with Crippen LogP contribution in [0.4, 0.5) is 5.69 Å². The fourth-order valence-corrected chi connectivity index (χ4v) is 5.38. The van der Waals surface area contributed by atoms with E-state index in [1.807, 2.05) is 61.5 Å². The van der Waals surface area contributed by atoms with E-state index in [4.69, 9.17) is 23.2 Å². The van der Waals surface area contributed by atoms with Gasteiger partial charge < -0.3 is 10.2 Å². The number of halogens is 2. The Balaban J connectivity index is 2.05. The van der Waals surface area contributed by atoms with Gasteiger partial charge in [-0.25, -0.2) is 8.42 Å². The SMILES string of the molecule is CCNC(=O)[C@@H](Cc1ccccc1)N(Cc1ccc(C)cc1)C(=O)CN(c1cc(Cl)cc(Cl)c1)S(C)(=O)=O. The van der Waals surface area contributed by atoms with E-state index < -0.39 is 28.5 Å². The number of carbonyl (C=O) groups is 2. The van der Waals surface area contributed by atoms with Crippen LogP contribution in [-0.4, -0.2) is 50.5 Å². The number of aryl methyl sites for hydroxylation is 1. The van der Waals surface area contributed by atoms with Crippen molar-refractivity contribution in [2.45, 2.75) is 32.9 Å². The number of benzene rings is 3. The van der Waals surface area contributed by atoms with Crippen molar-refractivity contribution in [1.82, 2.24) is 10.2 Å². The van der Waals surface area contributed by atoms with Gasteiger partial charge in [-0.2, -0.15) is 0 Å².